The van der Waals surface area contributed by atoms with Crippen molar-refractivity contribution in [1.82, 2.24) is 4.98 Å². The minimum Gasteiger partial charge on any atom is -0.394 e. The van der Waals surface area contributed by atoms with E-state index < -0.39 is 6.10 Å². The molecule has 0 aliphatic heterocycles. The fourth-order valence-corrected chi connectivity index (χ4v) is 2.22. The molecule has 0 saturated carbocycles. The quantitative estimate of drug-likeness (QED) is 0.821. The molecule has 0 fully saturated rings. The molecule has 3 nitrogen and oxygen atoms in total. The van der Waals surface area contributed by atoms with Crippen LogP contribution in [0.1, 0.15) is 5.56 Å². The summed E-state index contributed by atoms with van der Waals surface area (Å²) in [4.78, 5) is 4.21. The molecular weight excluding hydrogens is 266 g/mol. The Morgan fingerprint density at radius 2 is 2.36 bits per heavy atom. The highest BCUT2D eigenvalue weighted by atomic mass is 79.9. The zero-order valence-corrected chi connectivity index (χ0v) is 10.2. The second-order valence-corrected chi connectivity index (χ2v) is 4.85. The summed E-state index contributed by atoms with van der Waals surface area (Å²) in [5.41, 5.74) is 1.06. The number of aryl methyl sites for hydroxylation is 1. The molecule has 1 unspecified atom stereocenters. The lowest BCUT2D eigenvalue weighted by Crippen LogP contribution is -2.14. The predicted octanol–water partition coefficient (Wildman–Crippen LogP) is 1.60. The zero-order valence-electron chi connectivity index (χ0n) is 7.77. The molecule has 0 saturated heterocycles. The fourth-order valence-electron chi connectivity index (χ4n) is 0.907. The topological polar surface area (TPSA) is 53.4 Å². The zero-order chi connectivity index (χ0) is 10.6. The van der Waals surface area contributed by atoms with Crippen LogP contribution in [0.5, 0.6) is 0 Å². The Bertz CT molecular complexity index is 309. The third kappa shape index (κ3) is 3.57. The first kappa shape index (κ1) is 12.0. The van der Waals surface area contributed by atoms with Crippen molar-refractivity contribution in [3.63, 3.8) is 0 Å². The smallest absolute Gasteiger partial charge is 0.0990 e. The van der Waals surface area contributed by atoms with Crippen molar-refractivity contribution in [2.75, 3.05) is 12.4 Å². The van der Waals surface area contributed by atoms with E-state index in [0.717, 1.165) is 15.1 Å². The molecule has 0 amide bonds. The third-order valence-corrected chi connectivity index (χ3v) is 3.31. The summed E-state index contributed by atoms with van der Waals surface area (Å²) in [6.45, 7) is 1.76. The maximum absolute atomic E-state index is 9.16. The van der Waals surface area contributed by atoms with Crippen LogP contribution in [-0.4, -0.2) is 33.7 Å². The number of nitrogens with zero attached hydrogens (tertiary/aromatic N) is 1. The molecule has 0 spiro atoms. The molecule has 78 valence electrons. The van der Waals surface area contributed by atoms with Gasteiger partial charge in [0.2, 0.25) is 0 Å². The average Bonchev–Trinajstić information content (AvgIpc) is 2.16. The lowest BCUT2D eigenvalue weighted by molar-refractivity contribution is 0.113. The number of rotatable bonds is 4. The van der Waals surface area contributed by atoms with E-state index in [2.05, 4.69) is 20.9 Å². The molecule has 5 heteroatoms. The summed E-state index contributed by atoms with van der Waals surface area (Å²) in [5, 5.41) is 18.7. The van der Waals surface area contributed by atoms with Crippen LogP contribution in [0.2, 0.25) is 0 Å². The van der Waals surface area contributed by atoms with Gasteiger partial charge in [0.1, 0.15) is 0 Å². The first-order valence-electron chi connectivity index (χ1n) is 4.17. The van der Waals surface area contributed by atoms with Gasteiger partial charge in [-0.25, -0.2) is 4.98 Å². The van der Waals surface area contributed by atoms with Crippen molar-refractivity contribution in [3.05, 3.63) is 22.3 Å². The van der Waals surface area contributed by atoms with Crippen LogP contribution in [-0.2, 0) is 0 Å². The molecule has 14 heavy (non-hydrogen) atoms. The van der Waals surface area contributed by atoms with E-state index in [1.54, 1.807) is 6.20 Å². The highest BCUT2D eigenvalue weighted by Crippen LogP contribution is 2.22. The van der Waals surface area contributed by atoms with E-state index in [1.807, 2.05) is 13.0 Å². The maximum Gasteiger partial charge on any atom is 0.0990 e. The van der Waals surface area contributed by atoms with Gasteiger partial charge in [-0.15, -0.1) is 11.8 Å². The van der Waals surface area contributed by atoms with E-state index in [4.69, 9.17) is 10.2 Å². The summed E-state index contributed by atoms with van der Waals surface area (Å²) in [7, 11) is 0. The van der Waals surface area contributed by atoms with Gasteiger partial charge in [-0.1, -0.05) is 0 Å². The minimum absolute atomic E-state index is 0.206. The number of aliphatic hydroxyl groups excluding tert-OH is 2. The molecule has 0 aromatic carbocycles. The van der Waals surface area contributed by atoms with Gasteiger partial charge in [0.05, 0.1) is 17.7 Å². The van der Waals surface area contributed by atoms with E-state index >= 15 is 0 Å². The summed E-state index contributed by atoms with van der Waals surface area (Å²) in [5.74, 6) is 0.464. The molecule has 1 aromatic heterocycles. The van der Waals surface area contributed by atoms with Crippen LogP contribution < -0.4 is 0 Å². The van der Waals surface area contributed by atoms with Crippen molar-refractivity contribution >= 4 is 27.7 Å². The summed E-state index contributed by atoms with van der Waals surface area (Å²) in [6.07, 6.45) is 1.05. The Kier molecular flexibility index (Phi) is 4.88. The predicted molar refractivity (Wildman–Crippen MR) is 60.5 cm³/mol. The molecular formula is C9H12BrNO2S. The summed E-state index contributed by atoms with van der Waals surface area (Å²) >= 11 is 4.78. The van der Waals surface area contributed by atoms with E-state index in [9.17, 15) is 0 Å². The Balaban J connectivity index is 2.59. The van der Waals surface area contributed by atoms with Gasteiger partial charge in [0, 0.05) is 16.4 Å². The van der Waals surface area contributed by atoms with Crippen molar-refractivity contribution in [2.45, 2.75) is 18.1 Å². The second kappa shape index (κ2) is 5.70. The van der Waals surface area contributed by atoms with Gasteiger partial charge < -0.3 is 10.2 Å². The second-order valence-electron chi connectivity index (χ2n) is 2.92. The Labute approximate surface area is 95.7 Å². The van der Waals surface area contributed by atoms with Gasteiger partial charge in [0.25, 0.3) is 0 Å². The van der Waals surface area contributed by atoms with E-state index in [1.165, 1.54) is 11.8 Å². The van der Waals surface area contributed by atoms with Crippen molar-refractivity contribution < 1.29 is 10.2 Å². The van der Waals surface area contributed by atoms with Crippen LogP contribution in [0.15, 0.2) is 21.8 Å². The van der Waals surface area contributed by atoms with Crippen LogP contribution in [0, 0.1) is 6.92 Å². The number of aliphatic hydroxyl groups is 2. The fraction of sp³-hybridized carbons (Fsp3) is 0.444. The minimum atomic E-state index is -0.676. The van der Waals surface area contributed by atoms with Crippen molar-refractivity contribution in [3.8, 4) is 0 Å². The van der Waals surface area contributed by atoms with Crippen LogP contribution in [0.25, 0.3) is 0 Å². The third-order valence-electron chi connectivity index (χ3n) is 1.62. The average molecular weight is 278 g/mol. The van der Waals surface area contributed by atoms with Crippen LogP contribution in [0.4, 0.5) is 0 Å². The monoisotopic (exact) mass is 277 g/mol. The highest BCUT2D eigenvalue weighted by molar-refractivity contribution is 9.10. The van der Waals surface area contributed by atoms with E-state index in [-0.39, 0.29) is 6.61 Å². The number of halogens is 1. The molecule has 2 N–H and O–H groups in total. The lowest BCUT2D eigenvalue weighted by Gasteiger charge is -2.07. The van der Waals surface area contributed by atoms with Gasteiger partial charge >= 0.3 is 0 Å². The summed E-state index contributed by atoms with van der Waals surface area (Å²) < 4.78 is 0.946. The first-order chi connectivity index (χ1) is 6.63. The standard InChI is InChI=1S/C9H12BrNO2S/c1-6-2-7(10)3-11-9(6)14-5-8(13)4-12/h2-3,8,12-13H,4-5H2,1H3. The molecule has 1 atom stereocenters. The molecule has 0 aliphatic rings. The van der Waals surface area contributed by atoms with Gasteiger partial charge in [-0.05, 0) is 34.5 Å². The van der Waals surface area contributed by atoms with Gasteiger partial charge in [-0.2, -0.15) is 0 Å². The Morgan fingerprint density at radius 1 is 1.64 bits per heavy atom. The van der Waals surface area contributed by atoms with Gasteiger partial charge in [0.15, 0.2) is 0 Å². The number of hydrogen-bond acceptors (Lipinski definition) is 4. The normalized spacial score (nSPS) is 12.9. The van der Waals surface area contributed by atoms with Crippen LogP contribution >= 0.6 is 27.7 Å². The highest BCUT2D eigenvalue weighted by Gasteiger charge is 2.06. The SMILES string of the molecule is Cc1cc(Br)cnc1SCC(O)CO. The summed E-state index contributed by atoms with van der Waals surface area (Å²) in [6, 6.07) is 1.97. The first-order valence-corrected chi connectivity index (χ1v) is 5.95. The van der Waals surface area contributed by atoms with Crippen LogP contribution in [0.3, 0.4) is 0 Å². The van der Waals surface area contributed by atoms with Crippen molar-refractivity contribution in [1.29, 1.82) is 0 Å². The van der Waals surface area contributed by atoms with E-state index in [0.29, 0.717) is 5.75 Å². The van der Waals surface area contributed by atoms with Crippen molar-refractivity contribution in [2.24, 2.45) is 0 Å². The number of aromatic nitrogens is 1. The maximum atomic E-state index is 9.16. The molecule has 0 radical (unpaired) electrons. The number of thioether (sulfide) groups is 1. The number of hydrogen-bond donors (Lipinski definition) is 2. The largest absolute Gasteiger partial charge is 0.394 e. The molecule has 0 aliphatic carbocycles. The Morgan fingerprint density at radius 3 is 2.93 bits per heavy atom. The molecule has 0 bridgehead atoms. The Hall–Kier alpha value is -0.100. The number of pyridine rings is 1. The lowest BCUT2D eigenvalue weighted by atomic mass is 10.3. The van der Waals surface area contributed by atoms with Gasteiger partial charge in [-0.3, -0.25) is 0 Å². The molecule has 1 rings (SSSR count). The molecule has 1 heterocycles. The molecule has 1 aromatic rings.